The standard InChI is InChI=1S/C11H23N3O/c1-8(2)13-11(15)14-7-5-4-6-10(14)9(3)12/h8-10H,4-7,12H2,1-3H3,(H,13,15). The van der Waals surface area contributed by atoms with Crippen molar-refractivity contribution in [1.29, 1.82) is 0 Å². The fraction of sp³-hybridized carbons (Fsp3) is 0.909. The van der Waals surface area contributed by atoms with Gasteiger partial charge in [-0.05, 0) is 40.0 Å². The Morgan fingerprint density at radius 2 is 2.07 bits per heavy atom. The van der Waals surface area contributed by atoms with Crippen LogP contribution in [0.2, 0.25) is 0 Å². The van der Waals surface area contributed by atoms with E-state index < -0.39 is 0 Å². The lowest BCUT2D eigenvalue weighted by molar-refractivity contribution is 0.138. The molecule has 0 radical (unpaired) electrons. The number of hydrogen-bond acceptors (Lipinski definition) is 2. The number of carbonyl (C=O) groups excluding carboxylic acids is 1. The third-order valence-electron chi connectivity index (χ3n) is 2.83. The molecule has 88 valence electrons. The highest BCUT2D eigenvalue weighted by Crippen LogP contribution is 2.18. The number of piperidine rings is 1. The lowest BCUT2D eigenvalue weighted by Gasteiger charge is -2.38. The third-order valence-corrected chi connectivity index (χ3v) is 2.83. The number of nitrogens with one attached hydrogen (secondary N) is 1. The van der Waals surface area contributed by atoms with Crippen LogP contribution in [-0.4, -0.2) is 35.6 Å². The van der Waals surface area contributed by atoms with E-state index in [1.807, 2.05) is 25.7 Å². The minimum absolute atomic E-state index is 0.0343. The summed E-state index contributed by atoms with van der Waals surface area (Å²) >= 11 is 0. The second-order valence-corrected chi connectivity index (χ2v) is 4.72. The average molecular weight is 213 g/mol. The lowest BCUT2D eigenvalue weighted by atomic mass is 9.97. The van der Waals surface area contributed by atoms with Crippen LogP contribution in [0.4, 0.5) is 4.79 Å². The lowest BCUT2D eigenvalue weighted by Crippen LogP contribution is -2.55. The SMILES string of the molecule is CC(C)NC(=O)N1CCCCC1C(C)N. The number of amides is 2. The summed E-state index contributed by atoms with van der Waals surface area (Å²) in [6.45, 7) is 6.77. The molecule has 2 atom stereocenters. The molecule has 1 fully saturated rings. The van der Waals surface area contributed by atoms with Gasteiger partial charge in [0.1, 0.15) is 0 Å². The summed E-state index contributed by atoms with van der Waals surface area (Å²) in [7, 11) is 0. The zero-order valence-electron chi connectivity index (χ0n) is 9.99. The van der Waals surface area contributed by atoms with E-state index >= 15 is 0 Å². The molecule has 4 heteroatoms. The van der Waals surface area contributed by atoms with E-state index in [9.17, 15) is 4.79 Å². The minimum Gasteiger partial charge on any atom is -0.336 e. The third kappa shape index (κ3) is 3.38. The van der Waals surface area contributed by atoms with Gasteiger partial charge in [-0.3, -0.25) is 0 Å². The van der Waals surface area contributed by atoms with Crippen LogP contribution in [0.5, 0.6) is 0 Å². The Morgan fingerprint density at radius 3 is 2.60 bits per heavy atom. The fourth-order valence-electron chi connectivity index (χ4n) is 2.09. The molecule has 2 amide bonds. The molecule has 0 aromatic carbocycles. The largest absolute Gasteiger partial charge is 0.336 e. The first-order valence-electron chi connectivity index (χ1n) is 5.85. The van der Waals surface area contributed by atoms with Gasteiger partial charge >= 0.3 is 6.03 Å². The summed E-state index contributed by atoms with van der Waals surface area (Å²) in [5.41, 5.74) is 5.90. The highest BCUT2D eigenvalue weighted by atomic mass is 16.2. The predicted octanol–water partition coefficient (Wildman–Crippen LogP) is 1.31. The van der Waals surface area contributed by atoms with Gasteiger partial charge in [-0.15, -0.1) is 0 Å². The first-order chi connectivity index (χ1) is 7.02. The number of rotatable bonds is 2. The van der Waals surface area contributed by atoms with E-state index in [4.69, 9.17) is 5.73 Å². The Hall–Kier alpha value is -0.770. The molecule has 4 nitrogen and oxygen atoms in total. The van der Waals surface area contributed by atoms with Crippen molar-refractivity contribution in [2.45, 2.75) is 58.2 Å². The molecule has 3 N–H and O–H groups in total. The molecule has 0 saturated carbocycles. The first kappa shape index (κ1) is 12.3. The van der Waals surface area contributed by atoms with Gasteiger partial charge in [0.15, 0.2) is 0 Å². The number of urea groups is 1. The normalized spacial score (nSPS) is 24.1. The molecule has 0 aromatic rings. The highest BCUT2D eigenvalue weighted by molar-refractivity contribution is 5.75. The molecule has 15 heavy (non-hydrogen) atoms. The van der Waals surface area contributed by atoms with Gasteiger partial charge in [0.2, 0.25) is 0 Å². The summed E-state index contributed by atoms with van der Waals surface area (Å²) < 4.78 is 0. The van der Waals surface area contributed by atoms with E-state index in [0.717, 1.165) is 19.4 Å². The highest BCUT2D eigenvalue weighted by Gasteiger charge is 2.29. The van der Waals surface area contributed by atoms with E-state index in [1.165, 1.54) is 6.42 Å². The maximum absolute atomic E-state index is 11.9. The molecule has 1 rings (SSSR count). The van der Waals surface area contributed by atoms with Crippen molar-refractivity contribution in [2.24, 2.45) is 5.73 Å². The monoisotopic (exact) mass is 213 g/mol. The van der Waals surface area contributed by atoms with Crippen LogP contribution in [0.15, 0.2) is 0 Å². The molecular formula is C11H23N3O. The van der Waals surface area contributed by atoms with Crippen molar-refractivity contribution in [3.8, 4) is 0 Å². The number of likely N-dealkylation sites (tertiary alicyclic amines) is 1. The van der Waals surface area contributed by atoms with E-state index in [0.29, 0.717) is 0 Å². The zero-order valence-corrected chi connectivity index (χ0v) is 9.99. The quantitative estimate of drug-likeness (QED) is 0.726. The van der Waals surface area contributed by atoms with Gasteiger partial charge < -0.3 is 16.0 Å². The van der Waals surface area contributed by atoms with E-state index in [-0.39, 0.29) is 24.2 Å². The molecule has 1 saturated heterocycles. The van der Waals surface area contributed by atoms with E-state index in [2.05, 4.69) is 5.32 Å². The van der Waals surface area contributed by atoms with Gasteiger partial charge in [0, 0.05) is 24.7 Å². The molecule has 0 bridgehead atoms. The van der Waals surface area contributed by atoms with Crippen molar-refractivity contribution in [3.05, 3.63) is 0 Å². The zero-order chi connectivity index (χ0) is 11.4. The fourth-order valence-corrected chi connectivity index (χ4v) is 2.09. The smallest absolute Gasteiger partial charge is 0.317 e. The molecule has 1 aliphatic heterocycles. The van der Waals surface area contributed by atoms with Crippen LogP contribution in [0, 0.1) is 0 Å². The first-order valence-corrected chi connectivity index (χ1v) is 5.85. The Labute approximate surface area is 92.2 Å². The van der Waals surface area contributed by atoms with Crippen LogP contribution in [0.1, 0.15) is 40.0 Å². The van der Waals surface area contributed by atoms with Crippen LogP contribution < -0.4 is 11.1 Å². The Kier molecular flexibility index (Phi) is 4.39. The topological polar surface area (TPSA) is 58.4 Å². The van der Waals surface area contributed by atoms with Gasteiger partial charge in [-0.2, -0.15) is 0 Å². The van der Waals surface area contributed by atoms with Crippen LogP contribution in [-0.2, 0) is 0 Å². The van der Waals surface area contributed by atoms with Crippen molar-refractivity contribution >= 4 is 6.03 Å². The van der Waals surface area contributed by atoms with Crippen molar-refractivity contribution in [1.82, 2.24) is 10.2 Å². The number of nitrogens with two attached hydrogens (primary N) is 1. The molecule has 2 unspecified atom stereocenters. The summed E-state index contributed by atoms with van der Waals surface area (Å²) in [6.07, 6.45) is 3.30. The van der Waals surface area contributed by atoms with Crippen molar-refractivity contribution in [3.63, 3.8) is 0 Å². The maximum atomic E-state index is 11.9. The second-order valence-electron chi connectivity index (χ2n) is 4.72. The molecule has 1 aliphatic rings. The van der Waals surface area contributed by atoms with Gasteiger partial charge in [-0.1, -0.05) is 0 Å². The van der Waals surface area contributed by atoms with Gasteiger partial charge in [-0.25, -0.2) is 4.79 Å². The van der Waals surface area contributed by atoms with Crippen molar-refractivity contribution in [2.75, 3.05) is 6.54 Å². The van der Waals surface area contributed by atoms with Crippen molar-refractivity contribution < 1.29 is 4.79 Å². The molecule has 0 aliphatic carbocycles. The number of nitrogens with zero attached hydrogens (tertiary/aromatic N) is 1. The molecular weight excluding hydrogens is 190 g/mol. The number of carbonyl (C=O) groups is 1. The Bertz CT molecular complexity index is 216. The second kappa shape index (κ2) is 5.35. The van der Waals surface area contributed by atoms with Crippen LogP contribution in [0.25, 0.3) is 0 Å². The summed E-state index contributed by atoms with van der Waals surface area (Å²) in [5.74, 6) is 0. The van der Waals surface area contributed by atoms with Crippen LogP contribution >= 0.6 is 0 Å². The van der Waals surface area contributed by atoms with Gasteiger partial charge in [0.05, 0.1) is 0 Å². The molecule has 0 spiro atoms. The number of hydrogen-bond donors (Lipinski definition) is 2. The van der Waals surface area contributed by atoms with Crippen LogP contribution in [0.3, 0.4) is 0 Å². The average Bonchev–Trinajstić information content (AvgIpc) is 2.16. The predicted molar refractivity (Wildman–Crippen MR) is 61.7 cm³/mol. The van der Waals surface area contributed by atoms with E-state index in [1.54, 1.807) is 0 Å². The maximum Gasteiger partial charge on any atom is 0.317 e. The summed E-state index contributed by atoms with van der Waals surface area (Å²) in [4.78, 5) is 13.8. The Morgan fingerprint density at radius 1 is 1.40 bits per heavy atom. The minimum atomic E-state index is 0.0343. The molecule has 0 aromatic heterocycles. The summed E-state index contributed by atoms with van der Waals surface area (Å²) in [6, 6.07) is 0.487. The molecule has 1 heterocycles. The summed E-state index contributed by atoms with van der Waals surface area (Å²) in [5, 5.41) is 2.93. The Balaban J connectivity index is 2.59. The van der Waals surface area contributed by atoms with Gasteiger partial charge in [0.25, 0.3) is 0 Å².